The van der Waals surface area contributed by atoms with Crippen molar-refractivity contribution in [2.75, 3.05) is 13.1 Å². The summed E-state index contributed by atoms with van der Waals surface area (Å²) in [6, 6.07) is 8.09. The van der Waals surface area contributed by atoms with E-state index in [2.05, 4.69) is 37.3 Å². The number of aliphatic carboxylic acids is 1. The van der Waals surface area contributed by atoms with Gasteiger partial charge >= 0.3 is 5.97 Å². The van der Waals surface area contributed by atoms with Gasteiger partial charge in [-0.25, -0.2) is 4.98 Å². The molecule has 6 heteroatoms. The highest BCUT2D eigenvalue weighted by Gasteiger charge is 2.28. The van der Waals surface area contributed by atoms with Crippen molar-refractivity contribution in [1.29, 1.82) is 0 Å². The Morgan fingerprint density at radius 2 is 2.38 bits per heavy atom. The fourth-order valence-corrected chi connectivity index (χ4v) is 3.75. The third-order valence-electron chi connectivity index (χ3n) is 3.63. The summed E-state index contributed by atoms with van der Waals surface area (Å²) in [5.41, 5.74) is 2.12. The van der Waals surface area contributed by atoms with Crippen LogP contribution in [0, 0.1) is 5.92 Å². The van der Waals surface area contributed by atoms with E-state index >= 15 is 0 Å². The van der Waals surface area contributed by atoms with Crippen molar-refractivity contribution in [3.05, 3.63) is 39.8 Å². The van der Waals surface area contributed by atoms with Crippen LogP contribution in [-0.2, 0) is 11.3 Å². The first-order valence-electron chi connectivity index (χ1n) is 6.77. The fraction of sp³-hybridized carbons (Fsp3) is 0.333. The molecule has 2 heterocycles. The fourth-order valence-electron chi connectivity index (χ4n) is 2.54. The van der Waals surface area contributed by atoms with E-state index in [-0.39, 0.29) is 5.92 Å². The Hall–Kier alpha value is -1.24. The van der Waals surface area contributed by atoms with Crippen LogP contribution in [0.3, 0.4) is 0 Å². The predicted octanol–water partition coefficient (Wildman–Crippen LogP) is 3.48. The highest BCUT2D eigenvalue weighted by atomic mass is 79.9. The lowest BCUT2D eigenvalue weighted by molar-refractivity contribution is -0.141. The average molecular weight is 367 g/mol. The minimum atomic E-state index is -0.689. The van der Waals surface area contributed by atoms with Crippen molar-refractivity contribution >= 4 is 33.2 Å². The quantitative estimate of drug-likeness (QED) is 0.899. The van der Waals surface area contributed by atoms with Gasteiger partial charge in [0.1, 0.15) is 5.01 Å². The average Bonchev–Trinajstić information content (AvgIpc) is 3.08. The molecule has 0 radical (unpaired) electrons. The molecule has 1 aromatic carbocycles. The van der Waals surface area contributed by atoms with Gasteiger partial charge in [0.2, 0.25) is 0 Å². The normalized spacial score (nSPS) is 19.0. The van der Waals surface area contributed by atoms with Crippen LogP contribution in [0.25, 0.3) is 10.6 Å². The molecule has 4 nitrogen and oxygen atoms in total. The Morgan fingerprint density at radius 1 is 1.52 bits per heavy atom. The van der Waals surface area contributed by atoms with Crippen LogP contribution in [0.1, 0.15) is 12.1 Å². The van der Waals surface area contributed by atoms with Crippen molar-refractivity contribution in [3.8, 4) is 10.6 Å². The van der Waals surface area contributed by atoms with Gasteiger partial charge in [0.25, 0.3) is 0 Å². The predicted molar refractivity (Wildman–Crippen MR) is 86.3 cm³/mol. The number of thiazole rings is 1. The smallest absolute Gasteiger partial charge is 0.307 e. The zero-order valence-corrected chi connectivity index (χ0v) is 13.7. The molecule has 1 aromatic heterocycles. The van der Waals surface area contributed by atoms with Gasteiger partial charge in [-0.15, -0.1) is 11.3 Å². The van der Waals surface area contributed by atoms with Crippen molar-refractivity contribution in [3.63, 3.8) is 0 Å². The Morgan fingerprint density at radius 3 is 3.10 bits per heavy atom. The molecule has 1 aliphatic rings. The van der Waals surface area contributed by atoms with Gasteiger partial charge in [-0.05, 0) is 25.1 Å². The topological polar surface area (TPSA) is 53.4 Å². The first-order valence-corrected chi connectivity index (χ1v) is 8.44. The lowest BCUT2D eigenvalue weighted by Gasteiger charge is -2.12. The molecule has 1 N–H and O–H groups in total. The van der Waals surface area contributed by atoms with Crippen molar-refractivity contribution in [2.45, 2.75) is 13.0 Å². The van der Waals surface area contributed by atoms with E-state index in [1.165, 1.54) is 0 Å². The molecule has 2 aromatic rings. The minimum absolute atomic E-state index is 0.229. The van der Waals surface area contributed by atoms with Crippen molar-refractivity contribution in [2.24, 2.45) is 5.92 Å². The van der Waals surface area contributed by atoms with E-state index in [9.17, 15) is 4.79 Å². The van der Waals surface area contributed by atoms with Gasteiger partial charge in [-0.2, -0.15) is 0 Å². The molecule has 0 saturated carbocycles. The summed E-state index contributed by atoms with van der Waals surface area (Å²) in [7, 11) is 0. The lowest BCUT2D eigenvalue weighted by atomic mass is 10.1. The Kier molecular flexibility index (Phi) is 4.37. The summed E-state index contributed by atoms with van der Waals surface area (Å²) in [6.45, 7) is 2.19. The van der Waals surface area contributed by atoms with Crippen LogP contribution in [0.4, 0.5) is 0 Å². The summed E-state index contributed by atoms with van der Waals surface area (Å²) in [4.78, 5) is 17.8. The number of likely N-dealkylation sites (tertiary alicyclic amines) is 1. The summed E-state index contributed by atoms with van der Waals surface area (Å²) in [5.74, 6) is -0.918. The van der Waals surface area contributed by atoms with Crippen LogP contribution >= 0.6 is 27.3 Å². The number of rotatable bonds is 4. The Balaban J connectivity index is 1.67. The maximum atomic E-state index is 11.0. The summed E-state index contributed by atoms with van der Waals surface area (Å²) in [5, 5.41) is 12.1. The molecule has 1 atom stereocenters. The number of hydrogen-bond donors (Lipinski definition) is 1. The zero-order chi connectivity index (χ0) is 14.8. The Labute approximate surface area is 135 Å². The van der Waals surface area contributed by atoms with Crippen LogP contribution in [-0.4, -0.2) is 34.0 Å². The van der Waals surface area contributed by atoms with E-state index in [1.54, 1.807) is 11.3 Å². The van der Waals surface area contributed by atoms with E-state index < -0.39 is 5.97 Å². The van der Waals surface area contributed by atoms with E-state index in [1.807, 2.05) is 18.2 Å². The first-order chi connectivity index (χ1) is 10.1. The summed E-state index contributed by atoms with van der Waals surface area (Å²) in [6.07, 6.45) is 0.734. The number of nitrogens with zero attached hydrogens (tertiary/aromatic N) is 2. The molecule has 1 fully saturated rings. The molecule has 1 unspecified atom stereocenters. The number of hydrogen-bond acceptors (Lipinski definition) is 4. The van der Waals surface area contributed by atoms with Crippen LogP contribution < -0.4 is 0 Å². The molecule has 21 heavy (non-hydrogen) atoms. The number of carbonyl (C=O) groups is 1. The van der Waals surface area contributed by atoms with Crippen LogP contribution in [0.5, 0.6) is 0 Å². The van der Waals surface area contributed by atoms with Crippen LogP contribution in [0.15, 0.2) is 34.1 Å². The second kappa shape index (κ2) is 6.25. The zero-order valence-electron chi connectivity index (χ0n) is 11.3. The van der Waals surface area contributed by atoms with Gasteiger partial charge < -0.3 is 5.11 Å². The highest BCUT2D eigenvalue weighted by molar-refractivity contribution is 9.10. The summed E-state index contributed by atoms with van der Waals surface area (Å²) < 4.78 is 1.04. The SMILES string of the molecule is O=C(O)C1CCN(Cc2csc(-c3cccc(Br)c3)n2)C1. The first kappa shape index (κ1) is 14.7. The molecule has 1 saturated heterocycles. The Bertz CT molecular complexity index is 659. The second-order valence-corrected chi connectivity index (χ2v) is 6.99. The number of carboxylic acids is 1. The third kappa shape index (κ3) is 3.51. The van der Waals surface area contributed by atoms with E-state index in [0.29, 0.717) is 6.54 Å². The number of halogens is 1. The van der Waals surface area contributed by atoms with Crippen molar-refractivity contribution in [1.82, 2.24) is 9.88 Å². The largest absolute Gasteiger partial charge is 0.481 e. The van der Waals surface area contributed by atoms with Crippen molar-refractivity contribution < 1.29 is 9.90 Å². The van der Waals surface area contributed by atoms with E-state index in [4.69, 9.17) is 5.11 Å². The molecular weight excluding hydrogens is 352 g/mol. The monoisotopic (exact) mass is 366 g/mol. The molecule has 1 aliphatic heterocycles. The molecule has 110 valence electrons. The lowest BCUT2D eigenvalue weighted by Crippen LogP contribution is -2.22. The molecular formula is C15H15BrN2O2S. The van der Waals surface area contributed by atoms with Gasteiger partial charge in [0, 0.05) is 28.5 Å². The van der Waals surface area contributed by atoms with Gasteiger partial charge in [0.15, 0.2) is 0 Å². The molecule has 0 bridgehead atoms. The maximum Gasteiger partial charge on any atom is 0.307 e. The number of benzene rings is 1. The maximum absolute atomic E-state index is 11.0. The number of aromatic nitrogens is 1. The highest BCUT2D eigenvalue weighted by Crippen LogP contribution is 2.27. The van der Waals surface area contributed by atoms with Crippen LogP contribution in [0.2, 0.25) is 0 Å². The third-order valence-corrected chi connectivity index (χ3v) is 5.06. The number of carboxylic acid groups (broad SMARTS) is 1. The molecule has 0 amide bonds. The minimum Gasteiger partial charge on any atom is -0.481 e. The second-order valence-electron chi connectivity index (χ2n) is 5.21. The van der Waals surface area contributed by atoms with Gasteiger partial charge in [-0.1, -0.05) is 28.1 Å². The molecule has 0 aliphatic carbocycles. The van der Waals surface area contributed by atoms with Gasteiger partial charge in [-0.3, -0.25) is 9.69 Å². The standard InChI is InChI=1S/C15H15BrN2O2S/c16-12-3-1-2-10(6-12)14-17-13(9-21-14)8-18-5-4-11(7-18)15(19)20/h1-3,6,9,11H,4-5,7-8H2,(H,19,20). The molecule has 3 rings (SSSR count). The van der Waals surface area contributed by atoms with Gasteiger partial charge in [0.05, 0.1) is 11.6 Å². The molecule has 0 spiro atoms. The summed E-state index contributed by atoms with van der Waals surface area (Å²) >= 11 is 5.10. The van der Waals surface area contributed by atoms with E-state index in [0.717, 1.165) is 40.2 Å².